The number of nitrogens with one attached hydrogen (secondary N) is 1. The van der Waals surface area contributed by atoms with Crippen molar-refractivity contribution >= 4 is 0 Å². The molecule has 0 saturated heterocycles. The maximum Gasteiger partial charge on any atom is 0.0148 e. The minimum absolute atomic E-state index is 0.244. The molecule has 0 spiro atoms. The highest BCUT2D eigenvalue weighted by Gasteiger charge is 2.39. The standard InChI is InChI=1S/C13H19N/c1-13(2,3)14-12-9-11(12)10-7-5-4-6-8-10/h4-8,11-12,14H,9H2,1-3H3/t11-,12?/m1/s1. The van der Waals surface area contributed by atoms with Crippen LogP contribution in [-0.2, 0) is 0 Å². The lowest BCUT2D eigenvalue weighted by atomic mass is 10.1. The summed E-state index contributed by atoms with van der Waals surface area (Å²) in [5, 5.41) is 3.64. The van der Waals surface area contributed by atoms with Gasteiger partial charge in [-0.05, 0) is 32.8 Å². The van der Waals surface area contributed by atoms with Gasteiger partial charge in [-0.1, -0.05) is 30.3 Å². The van der Waals surface area contributed by atoms with Gasteiger partial charge in [-0.3, -0.25) is 0 Å². The van der Waals surface area contributed by atoms with Gasteiger partial charge in [0, 0.05) is 17.5 Å². The lowest BCUT2D eigenvalue weighted by Crippen LogP contribution is -2.38. The smallest absolute Gasteiger partial charge is 0.0148 e. The summed E-state index contributed by atoms with van der Waals surface area (Å²) < 4.78 is 0. The van der Waals surface area contributed by atoms with E-state index in [1.165, 1.54) is 12.0 Å². The second-order valence-corrected chi connectivity index (χ2v) is 5.25. The molecule has 14 heavy (non-hydrogen) atoms. The first kappa shape index (κ1) is 9.72. The van der Waals surface area contributed by atoms with Crippen LogP contribution >= 0.6 is 0 Å². The number of benzene rings is 1. The van der Waals surface area contributed by atoms with Gasteiger partial charge in [0.25, 0.3) is 0 Å². The van der Waals surface area contributed by atoms with Gasteiger partial charge < -0.3 is 5.32 Å². The van der Waals surface area contributed by atoms with Crippen LogP contribution in [0.5, 0.6) is 0 Å². The quantitative estimate of drug-likeness (QED) is 0.754. The summed E-state index contributed by atoms with van der Waals surface area (Å²) in [6.07, 6.45) is 1.29. The van der Waals surface area contributed by atoms with Crippen molar-refractivity contribution in [2.24, 2.45) is 0 Å². The summed E-state index contributed by atoms with van der Waals surface area (Å²) in [6.45, 7) is 6.69. The topological polar surface area (TPSA) is 12.0 Å². The molecule has 1 aromatic rings. The first-order chi connectivity index (χ1) is 6.56. The minimum atomic E-state index is 0.244. The Morgan fingerprint density at radius 3 is 2.36 bits per heavy atom. The van der Waals surface area contributed by atoms with Crippen LogP contribution in [-0.4, -0.2) is 11.6 Å². The highest BCUT2D eigenvalue weighted by Crippen LogP contribution is 2.41. The Kier molecular flexibility index (Phi) is 2.36. The largest absolute Gasteiger partial charge is 0.309 e. The van der Waals surface area contributed by atoms with E-state index in [-0.39, 0.29) is 5.54 Å². The summed E-state index contributed by atoms with van der Waals surface area (Å²) in [7, 11) is 0. The first-order valence-electron chi connectivity index (χ1n) is 5.39. The molecule has 0 aromatic heterocycles. The maximum absolute atomic E-state index is 3.64. The second-order valence-electron chi connectivity index (χ2n) is 5.25. The molecule has 0 aliphatic heterocycles. The molecule has 0 bridgehead atoms. The van der Waals surface area contributed by atoms with Gasteiger partial charge in [-0.2, -0.15) is 0 Å². The van der Waals surface area contributed by atoms with Gasteiger partial charge in [-0.25, -0.2) is 0 Å². The molecule has 1 aliphatic carbocycles. The average Bonchev–Trinajstić information content (AvgIpc) is 2.82. The number of rotatable bonds is 2. The molecular formula is C13H19N. The van der Waals surface area contributed by atoms with Crippen LogP contribution in [0.25, 0.3) is 0 Å². The van der Waals surface area contributed by atoms with Crippen LogP contribution in [0.2, 0.25) is 0 Å². The minimum Gasteiger partial charge on any atom is -0.309 e. The van der Waals surface area contributed by atoms with E-state index in [1.807, 2.05) is 0 Å². The van der Waals surface area contributed by atoms with Crippen molar-refractivity contribution in [2.45, 2.75) is 44.7 Å². The normalized spacial score (nSPS) is 26.2. The molecule has 76 valence electrons. The molecule has 1 saturated carbocycles. The van der Waals surface area contributed by atoms with Crippen molar-refractivity contribution in [3.63, 3.8) is 0 Å². The third kappa shape index (κ3) is 2.36. The molecule has 0 radical (unpaired) electrons. The lowest BCUT2D eigenvalue weighted by molar-refractivity contribution is 0.418. The molecule has 1 nitrogen and oxygen atoms in total. The number of hydrogen-bond donors (Lipinski definition) is 1. The van der Waals surface area contributed by atoms with Crippen molar-refractivity contribution in [1.82, 2.24) is 5.32 Å². The van der Waals surface area contributed by atoms with Crippen LogP contribution in [0.15, 0.2) is 30.3 Å². The fourth-order valence-corrected chi connectivity index (χ4v) is 1.98. The molecule has 1 fully saturated rings. The Morgan fingerprint density at radius 2 is 1.79 bits per heavy atom. The van der Waals surface area contributed by atoms with Gasteiger partial charge in [-0.15, -0.1) is 0 Å². The van der Waals surface area contributed by atoms with Gasteiger partial charge in [0.2, 0.25) is 0 Å². The van der Waals surface area contributed by atoms with Crippen molar-refractivity contribution < 1.29 is 0 Å². The molecule has 1 unspecified atom stereocenters. The van der Waals surface area contributed by atoms with Crippen LogP contribution in [0, 0.1) is 0 Å². The summed E-state index contributed by atoms with van der Waals surface area (Å²) in [4.78, 5) is 0. The van der Waals surface area contributed by atoms with Gasteiger partial charge in [0.1, 0.15) is 0 Å². The van der Waals surface area contributed by atoms with E-state index >= 15 is 0 Å². The molecule has 1 aliphatic rings. The van der Waals surface area contributed by atoms with E-state index in [2.05, 4.69) is 56.4 Å². The van der Waals surface area contributed by atoms with Crippen molar-refractivity contribution in [3.8, 4) is 0 Å². The molecule has 0 amide bonds. The van der Waals surface area contributed by atoms with Crippen LogP contribution in [0.1, 0.15) is 38.7 Å². The fourth-order valence-electron chi connectivity index (χ4n) is 1.98. The van der Waals surface area contributed by atoms with Crippen molar-refractivity contribution in [1.29, 1.82) is 0 Å². The van der Waals surface area contributed by atoms with Crippen LogP contribution in [0.3, 0.4) is 0 Å². The van der Waals surface area contributed by atoms with Crippen molar-refractivity contribution in [3.05, 3.63) is 35.9 Å². The monoisotopic (exact) mass is 189 g/mol. The lowest BCUT2D eigenvalue weighted by Gasteiger charge is -2.20. The average molecular weight is 189 g/mol. The Morgan fingerprint density at radius 1 is 1.14 bits per heavy atom. The number of hydrogen-bond acceptors (Lipinski definition) is 1. The fraction of sp³-hybridized carbons (Fsp3) is 0.538. The molecule has 1 aromatic carbocycles. The zero-order chi connectivity index (χ0) is 10.2. The Bertz CT molecular complexity index is 297. The molecular weight excluding hydrogens is 170 g/mol. The molecule has 2 rings (SSSR count). The van der Waals surface area contributed by atoms with E-state index in [0.717, 1.165) is 5.92 Å². The maximum atomic E-state index is 3.64. The third-order valence-electron chi connectivity index (χ3n) is 2.64. The zero-order valence-electron chi connectivity index (χ0n) is 9.25. The predicted octanol–water partition coefficient (Wildman–Crippen LogP) is 2.93. The van der Waals surface area contributed by atoms with Crippen molar-refractivity contribution in [2.75, 3.05) is 0 Å². The van der Waals surface area contributed by atoms with Gasteiger partial charge in [0.05, 0.1) is 0 Å². The summed E-state index contributed by atoms with van der Waals surface area (Å²) in [6, 6.07) is 11.5. The van der Waals surface area contributed by atoms with Gasteiger partial charge >= 0.3 is 0 Å². The Labute approximate surface area is 86.5 Å². The van der Waals surface area contributed by atoms with E-state index < -0.39 is 0 Å². The Hall–Kier alpha value is -0.820. The van der Waals surface area contributed by atoms with Gasteiger partial charge in [0.15, 0.2) is 0 Å². The molecule has 2 atom stereocenters. The summed E-state index contributed by atoms with van der Waals surface area (Å²) in [5.41, 5.74) is 1.73. The first-order valence-corrected chi connectivity index (χ1v) is 5.39. The third-order valence-corrected chi connectivity index (χ3v) is 2.64. The van der Waals surface area contributed by atoms with E-state index in [1.54, 1.807) is 0 Å². The van der Waals surface area contributed by atoms with E-state index in [9.17, 15) is 0 Å². The molecule has 1 N–H and O–H groups in total. The second kappa shape index (κ2) is 3.39. The summed E-state index contributed by atoms with van der Waals surface area (Å²) >= 11 is 0. The Balaban J connectivity index is 1.94. The SMILES string of the molecule is CC(C)(C)NC1C[C@@H]1c1ccccc1. The molecule has 0 heterocycles. The van der Waals surface area contributed by atoms with Crippen LogP contribution in [0.4, 0.5) is 0 Å². The highest BCUT2D eigenvalue weighted by atomic mass is 15.0. The summed E-state index contributed by atoms with van der Waals surface area (Å²) in [5.74, 6) is 0.746. The van der Waals surface area contributed by atoms with Crippen LogP contribution < -0.4 is 5.32 Å². The highest BCUT2D eigenvalue weighted by molar-refractivity contribution is 5.27. The van der Waals surface area contributed by atoms with E-state index in [0.29, 0.717) is 6.04 Å². The van der Waals surface area contributed by atoms with E-state index in [4.69, 9.17) is 0 Å². The molecule has 1 heteroatoms. The predicted molar refractivity (Wildman–Crippen MR) is 60.5 cm³/mol. The zero-order valence-corrected chi connectivity index (χ0v) is 9.25.